The molecule has 1 amide bonds. The second-order valence-corrected chi connectivity index (χ2v) is 4.64. The highest BCUT2D eigenvalue weighted by molar-refractivity contribution is 6.03. The van der Waals surface area contributed by atoms with Gasteiger partial charge in [0, 0.05) is 19.5 Å². The second-order valence-electron chi connectivity index (χ2n) is 4.64. The zero-order valence-corrected chi connectivity index (χ0v) is 12.0. The molecule has 0 radical (unpaired) electrons. The number of rotatable bonds is 5. The maximum Gasteiger partial charge on any atom is 0.291 e. The number of carbonyl (C=O) groups excluding carboxylic acids is 1. The lowest BCUT2D eigenvalue weighted by atomic mass is 10.2. The molecule has 0 fully saturated rings. The third kappa shape index (κ3) is 2.91. The van der Waals surface area contributed by atoms with Crippen molar-refractivity contribution in [3.63, 3.8) is 0 Å². The smallest absolute Gasteiger partial charge is 0.291 e. The van der Waals surface area contributed by atoms with E-state index < -0.39 is 0 Å². The number of hydrogen-bond acceptors (Lipinski definition) is 4. The van der Waals surface area contributed by atoms with Gasteiger partial charge in [0.05, 0.1) is 17.7 Å². The fourth-order valence-electron chi connectivity index (χ4n) is 2.11. The van der Waals surface area contributed by atoms with Gasteiger partial charge in [-0.15, -0.1) is 0 Å². The first-order valence-corrected chi connectivity index (χ1v) is 6.74. The van der Waals surface area contributed by atoms with Gasteiger partial charge < -0.3 is 19.0 Å². The Morgan fingerprint density at radius 1 is 1.32 bits per heavy atom. The lowest BCUT2D eigenvalue weighted by molar-refractivity contribution is 0.0987. The number of furan rings is 1. The molecule has 0 saturated heterocycles. The quantitative estimate of drug-likeness (QED) is 0.786. The maximum absolute atomic E-state index is 12.3. The highest BCUT2D eigenvalue weighted by atomic mass is 16.5. The molecule has 0 bridgehead atoms. The number of ether oxygens (including phenoxy) is 1. The Balaban J connectivity index is 1.82. The summed E-state index contributed by atoms with van der Waals surface area (Å²) in [5, 5.41) is 2.85. The fourth-order valence-corrected chi connectivity index (χ4v) is 2.11. The molecule has 2 heterocycles. The Kier molecular flexibility index (Phi) is 4.02. The van der Waals surface area contributed by atoms with Crippen LogP contribution < -0.4 is 5.32 Å². The van der Waals surface area contributed by atoms with E-state index in [0.29, 0.717) is 18.1 Å². The molecule has 0 unspecified atom stereocenters. The molecule has 0 spiro atoms. The predicted molar refractivity (Wildman–Crippen MR) is 80.9 cm³/mol. The normalized spacial score (nSPS) is 10.6. The first-order valence-electron chi connectivity index (χ1n) is 6.74. The SMILES string of the molecule is COCc1ccc(C(=O)Nc2ccccc2-n2ccnc2)o1. The molecule has 1 N–H and O–H groups in total. The Labute approximate surface area is 127 Å². The van der Waals surface area contributed by atoms with E-state index in [4.69, 9.17) is 9.15 Å². The summed E-state index contributed by atoms with van der Waals surface area (Å²) in [5.41, 5.74) is 1.51. The van der Waals surface area contributed by atoms with Crippen molar-refractivity contribution in [3.05, 3.63) is 66.6 Å². The van der Waals surface area contributed by atoms with Gasteiger partial charge in [0.1, 0.15) is 12.4 Å². The zero-order valence-electron chi connectivity index (χ0n) is 12.0. The zero-order chi connectivity index (χ0) is 15.4. The molecule has 0 aliphatic heterocycles. The largest absolute Gasteiger partial charge is 0.453 e. The van der Waals surface area contributed by atoms with Crippen LogP contribution in [0.4, 0.5) is 5.69 Å². The maximum atomic E-state index is 12.3. The van der Waals surface area contributed by atoms with E-state index in [1.165, 1.54) is 0 Å². The second kappa shape index (κ2) is 6.28. The summed E-state index contributed by atoms with van der Waals surface area (Å²) < 4.78 is 12.2. The average molecular weight is 297 g/mol. The number of carbonyl (C=O) groups is 1. The van der Waals surface area contributed by atoms with Gasteiger partial charge in [-0.05, 0) is 24.3 Å². The molecule has 0 aliphatic rings. The van der Waals surface area contributed by atoms with Crippen LogP contribution in [0.1, 0.15) is 16.3 Å². The van der Waals surface area contributed by atoms with Gasteiger partial charge in [-0.1, -0.05) is 12.1 Å². The van der Waals surface area contributed by atoms with E-state index >= 15 is 0 Å². The number of amides is 1. The van der Waals surface area contributed by atoms with Crippen LogP contribution >= 0.6 is 0 Å². The van der Waals surface area contributed by atoms with Crippen molar-refractivity contribution in [1.82, 2.24) is 9.55 Å². The first kappa shape index (κ1) is 14.1. The molecule has 6 nitrogen and oxygen atoms in total. The van der Waals surface area contributed by atoms with Crippen molar-refractivity contribution in [2.45, 2.75) is 6.61 Å². The van der Waals surface area contributed by atoms with Crippen LogP contribution in [0, 0.1) is 0 Å². The van der Waals surface area contributed by atoms with Gasteiger partial charge in [0.2, 0.25) is 0 Å². The monoisotopic (exact) mass is 297 g/mol. The lowest BCUT2D eigenvalue weighted by Crippen LogP contribution is -2.12. The summed E-state index contributed by atoms with van der Waals surface area (Å²) in [4.78, 5) is 16.3. The summed E-state index contributed by atoms with van der Waals surface area (Å²) in [5.74, 6) is 0.540. The summed E-state index contributed by atoms with van der Waals surface area (Å²) in [6.45, 7) is 0.332. The van der Waals surface area contributed by atoms with Crippen molar-refractivity contribution in [2.75, 3.05) is 12.4 Å². The molecular formula is C16H15N3O3. The fraction of sp³-hybridized carbons (Fsp3) is 0.125. The number of aromatic nitrogens is 2. The molecular weight excluding hydrogens is 282 g/mol. The third-order valence-corrected chi connectivity index (χ3v) is 3.11. The number of para-hydroxylation sites is 2. The summed E-state index contributed by atoms with van der Waals surface area (Å²) in [6.07, 6.45) is 5.17. The molecule has 2 aromatic heterocycles. The van der Waals surface area contributed by atoms with E-state index in [2.05, 4.69) is 10.3 Å². The number of methoxy groups -OCH3 is 1. The van der Waals surface area contributed by atoms with E-state index in [9.17, 15) is 4.79 Å². The van der Waals surface area contributed by atoms with Gasteiger partial charge >= 0.3 is 0 Å². The van der Waals surface area contributed by atoms with Gasteiger partial charge in [0.25, 0.3) is 5.91 Å². The van der Waals surface area contributed by atoms with Crippen molar-refractivity contribution in [2.24, 2.45) is 0 Å². The summed E-state index contributed by atoms with van der Waals surface area (Å²) in [6, 6.07) is 10.8. The van der Waals surface area contributed by atoms with Crippen molar-refractivity contribution in [3.8, 4) is 5.69 Å². The summed E-state index contributed by atoms with van der Waals surface area (Å²) in [7, 11) is 1.57. The van der Waals surface area contributed by atoms with Crippen LogP contribution in [0.3, 0.4) is 0 Å². The van der Waals surface area contributed by atoms with E-state index in [1.54, 1.807) is 31.8 Å². The molecule has 0 aliphatic carbocycles. The number of anilines is 1. The van der Waals surface area contributed by atoms with E-state index in [1.807, 2.05) is 35.0 Å². The molecule has 0 atom stereocenters. The minimum atomic E-state index is -0.310. The number of nitrogens with zero attached hydrogens (tertiary/aromatic N) is 2. The van der Waals surface area contributed by atoms with Gasteiger partial charge in [-0.25, -0.2) is 4.98 Å². The number of benzene rings is 1. The molecule has 6 heteroatoms. The van der Waals surface area contributed by atoms with Crippen LogP contribution in [0.5, 0.6) is 0 Å². The molecule has 3 rings (SSSR count). The molecule has 3 aromatic rings. The standard InChI is InChI=1S/C16H15N3O3/c1-21-10-12-6-7-15(22-12)16(20)18-13-4-2-3-5-14(13)19-9-8-17-11-19/h2-9,11H,10H2,1H3,(H,18,20). The Morgan fingerprint density at radius 3 is 2.95 bits per heavy atom. The molecule has 112 valence electrons. The first-order chi connectivity index (χ1) is 10.8. The highest BCUT2D eigenvalue weighted by Gasteiger charge is 2.13. The van der Waals surface area contributed by atoms with Crippen molar-refractivity contribution in [1.29, 1.82) is 0 Å². The van der Waals surface area contributed by atoms with Crippen LogP contribution in [-0.2, 0) is 11.3 Å². The van der Waals surface area contributed by atoms with E-state index in [0.717, 1.165) is 5.69 Å². The van der Waals surface area contributed by atoms with Crippen molar-refractivity contribution >= 4 is 11.6 Å². The summed E-state index contributed by atoms with van der Waals surface area (Å²) >= 11 is 0. The minimum absolute atomic E-state index is 0.243. The lowest BCUT2D eigenvalue weighted by Gasteiger charge is -2.10. The Morgan fingerprint density at radius 2 is 2.18 bits per heavy atom. The van der Waals surface area contributed by atoms with Crippen LogP contribution in [0.25, 0.3) is 5.69 Å². The van der Waals surface area contributed by atoms with Crippen LogP contribution in [0.2, 0.25) is 0 Å². The van der Waals surface area contributed by atoms with E-state index in [-0.39, 0.29) is 11.7 Å². The third-order valence-electron chi connectivity index (χ3n) is 3.11. The molecule has 0 saturated carbocycles. The Hall–Kier alpha value is -2.86. The van der Waals surface area contributed by atoms with Crippen molar-refractivity contribution < 1.29 is 13.9 Å². The Bertz CT molecular complexity index is 763. The highest BCUT2D eigenvalue weighted by Crippen LogP contribution is 2.21. The van der Waals surface area contributed by atoms with Crippen LogP contribution in [0.15, 0.2) is 59.5 Å². The number of hydrogen-bond donors (Lipinski definition) is 1. The molecule has 1 aromatic carbocycles. The number of nitrogens with one attached hydrogen (secondary N) is 1. The molecule has 22 heavy (non-hydrogen) atoms. The minimum Gasteiger partial charge on any atom is -0.453 e. The van der Waals surface area contributed by atoms with Gasteiger partial charge in [0.15, 0.2) is 5.76 Å². The average Bonchev–Trinajstić information content (AvgIpc) is 3.19. The van der Waals surface area contributed by atoms with Gasteiger partial charge in [-0.2, -0.15) is 0 Å². The van der Waals surface area contributed by atoms with Crippen LogP contribution in [-0.4, -0.2) is 22.6 Å². The number of imidazole rings is 1. The van der Waals surface area contributed by atoms with Gasteiger partial charge in [-0.3, -0.25) is 4.79 Å². The predicted octanol–water partition coefficient (Wildman–Crippen LogP) is 2.86. The topological polar surface area (TPSA) is 69.3 Å².